The molecule has 1 heterocycles. The van der Waals surface area contributed by atoms with Crippen molar-refractivity contribution in [2.24, 2.45) is 0 Å². The molecule has 0 N–H and O–H groups in total. The molecule has 0 bridgehead atoms. The van der Waals surface area contributed by atoms with Crippen LogP contribution in [-0.2, 0) is 20.3 Å². The van der Waals surface area contributed by atoms with Gasteiger partial charge in [-0.25, -0.2) is 8.42 Å². The summed E-state index contributed by atoms with van der Waals surface area (Å²) in [5, 5.41) is 0.601. The average molecular weight is 353 g/mol. The minimum atomic E-state index is -3.78. The lowest BCUT2D eigenvalue weighted by molar-refractivity contribution is 0.188. The molecule has 0 atom stereocenters. The van der Waals surface area contributed by atoms with Gasteiger partial charge >= 0.3 is 0 Å². The SMILES string of the molecule is COCCn1cc(S(=O)(=O)Cl)c2c(Br)cccc21. The minimum absolute atomic E-state index is 0.114. The van der Waals surface area contributed by atoms with Gasteiger partial charge in [-0.3, -0.25) is 0 Å². The smallest absolute Gasteiger partial charge is 0.263 e. The molecule has 0 aliphatic heterocycles. The Labute approximate surface area is 118 Å². The van der Waals surface area contributed by atoms with Crippen molar-refractivity contribution in [1.29, 1.82) is 0 Å². The van der Waals surface area contributed by atoms with Crippen molar-refractivity contribution in [3.63, 3.8) is 0 Å². The Hall–Kier alpha value is -0.560. The Morgan fingerprint density at radius 1 is 1.44 bits per heavy atom. The fourth-order valence-electron chi connectivity index (χ4n) is 1.83. The van der Waals surface area contributed by atoms with Gasteiger partial charge in [0.25, 0.3) is 9.05 Å². The van der Waals surface area contributed by atoms with E-state index in [1.807, 2.05) is 16.7 Å². The van der Waals surface area contributed by atoms with Crippen LogP contribution in [0.1, 0.15) is 0 Å². The first kappa shape index (κ1) is 13.9. The van der Waals surface area contributed by atoms with Crippen molar-refractivity contribution >= 4 is 46.6 Å². The zero-order valence-corrected chi connectivity index (χ0v) is 12.7. The summed E-state index contributed by atoms with van der Waals surface area (Å²) in [6.45, 7) is 1.06. The van der Waals surface area contributed by atoms with E-state index < -0.39 is 9.05 Å². The van der Waals surface area contributed by atoms with E-state index in [2.05, 4.69) is 15.9 Å². The van der Waals surface area contributed by atoms with E-state index in [1.165, 1.54) is 6.20 Å². The maximum absolute atomic E-state index is 11.6. The predicted molar refractivity (Wildman–Crippen MR) is 74.6 cm³/mol. The number of benzene rings is 1. The number of aromatic nitrogens is 1. The third kappa shape index (κ3) is 2.56. The third-order valence-electron chi connectivity index (χ3n) is 2.62. The molecule has 0 spiro atoms. The lowest BCUT2D eigenvalue weighted by atomic mass is 10.2. The molecule has 0 unspecified atom stereocenters. The van der Waals surface area contributed by atoms with E-state index >= 15 is 0 Å². The van der Waals surface area contributed by atoms with Gasteiger partial charge in [0.1, 0.15) is 4.90 Å². The maximum atomic E-state index is 11.6. The first-order chi connectivity index (χ1) is 8.45. The van der Waals surface area contributed by atoms with E-state index in [9.17, 15) is 8.42 Å². The third-order valence-corrected chi connectivity index (χ3v) is 4.61. The molecule has 1 aromatic carbocycles. The second-order valence-corrected chi connectivity index (χ2v) is 7.14. The average Bonchev–Trinajstić information content (AvgIpc) is 2.66. The largest absolute Gasteiger partial charge is 0.383 e. The lowest BCUT2D eigenvalue weighted by Gasteiger charge is -2.03. The van der Waals surface area contributed by atoms with Crippen LogP contribution in [0.4, 0.5) is 0 Å². The fraction of sp³-hybridized carbons (Fsp3) is 0.273. The Bertz CT molecular complexity index is 681. The van der Waals surface area contributed by atoms with Crippen molar-refractivity contribution in [3.05, 3.63) is 28.9 Å². The highest BCUT2D eigenvalue weighted by Gasteiger charge is 2.20. The summed E-state index contributed by atoms with van der Waals surface area (Å²) in [7, 11) is 3.29. The summed E-state index contributed by atoms with van der Waals surface area (Å²) in [6, 6.07) is 5.48. The molecule has 0 saturated heterocycles. The van der Waals surface area contributed by atoms with Gasteiger partial charge in [-0.2, -0.15) is 0 Å². The van der Waals surface area contributed by atoms with Gasteiger partial charge in [0, 0.05) is 40.4 Å². The van der Waals surface area contributed by atoms with E-state index in [-0.39, 0.29) is 4.90 Å². The van der Waals surface area contributed by atoms with E-state index in [1.54, 1.807) is 13.2 Å². The van der Waals surface area contributed by atoms with Gasteiger partial charge in [0.2, 0.25) is 0 Å². The summed E-state index contributed by atoms with van der Waals surface area (Å²) in [5.41, 5.74) is 0.806. The summed E-state index contributed by atoms with van der Waals surface area (Å²) in [5.74, 6) is 0. The van der Waals surface area contributed by atoms with E-state index in [4.69, 9.17) is 15.4 Å². The van der Waals surface area contributed by atoms with Crippen LogP contribution in [0.15, 0.2) is 33.8 Å². The molecular formula is C11H11BrClNO3S. The number of hydrogen-bond donors (Lipinski definition) is 0. The molecule has 2 rings (SSSR count). The number of ether oxygens (including phenoxy) is 1. The molecule has 98 valence electrons. The molecule has 0 radical (unpaired) electrons. The van der Waals surface area contributed by atoms with Gasteiger partial charge in [-0.1, -0.05) is 22.0 Å². The Morgan fingerprint density at radius 3 is 2.78 bits per heavy atom. The fourth-order valence-corrected chi connectivity index (χ4v) is 3.59. The van der Waals surface area contributed by atoms with Gasteiger partial charge in [-0.05, 0) is 12.1 Å². The monoisotopic (exact) mass is 351 g/mol. The van der Waals surface area contributed by atoms with Crippen LogP contribution in [0.5, 0.6) is 0 Å². The summed E-state index contributed by atoms with van der Waals surface area (Å²) in [6.07, 6.45) is 1.54. The number of methoxy groups -OCH3 is 1. The van der Waals surface area contributed by atoms with E-state index in [0.717, 1.165) is 5.52 Å². The van der Waals surface area contributed by atoms with Crippen molar-refractivity contribution in [2.75, 3.05) is 13.7 Å². The Balaban J connectivity index is 2.72. The minimum Gasteiger partial charge on any atom is -0.383 e. The Kier molecular flexibility index (Phi) is 4.01. The van der Waals surface area contributed by atoms with Crippen molar-refractivity contribution in [2.45, 2.75) is 11.4 Å². The van der Waals surface area contributed by atoms with Crippen molar-refractivity contribution in [3.8, 4) is 0 Å². The van der Waals surface area contributed by atoms with Crippen LogP contribution in [0, 0.1) is 0 Å². The second kappa shape index (κ2) is 5.21. The van der Waals surface area contributed by atoms with Crippen LogP contribution < -0.4 is 0 Å². The number of fused-ring (bicyclic) bond motifs is 1. The van der Waals surface area contributed by atoms with Crippen molar-refractivity contribution < 1.29 is 13.2 Å². The molecule has 0 fully saturated rings. The van der Waals surface area contributed by atoms with Gasteiger partial charge in [0.05, 0.1) is 12.1 Å². The Morgan fingerprint density at radius 2 is 2.17 bits per heavy atom. The molecule has 2 aromatic rings. The summed E-state index contributed by atoms with van der Waals surface area (Å²) < 4.78 is 30.7. The van der Waals surface area contributed by atoms with Crippen LogP contribution in [0.25, 0.3) is 10.9 Å². The molecule has 1 aromatic heterocycles. The van der Waals surface area contributed by atoms with Gasteiger partial charge in [-0.15, -0.1) is 0 Å². The maximum Gasteiger partial charge on any atom is 0.263 e. The normalized spacial score (nSPS) is 12.2. The first-order valence-electron chi connectivity index (χ1n) is 5.16. The standard InChI is InChI=1S/C11H11BrClNO3S/c1-17-6-5-14-7-10(18(13,15)16)11-8(12)3-2-4-9(11)14/h2-4,7H,5-6H2,1H3. The zero-order valence-electron chi connectivity index (χ0n) is 9.56. The second-order valence-electron chi connectivity index (χ2n) is 3.75. The lowest BCUT2D eigenvalue weighted by Crippen LogP contribution is -2.02. The van der Waals surface area contributed by atoms with Crippen LogP contribution in [-0.4, -0.2) is 26.7 Å². The predicted octanol–water partition coefficient (Wildman–Crippen LogP) is 2.98. The zero-order chi connectivity index (χ0) is 13.3. The molecule has 0 aliphatic carbocycles. The highest BCUT2D eigenvalue weighted by molar-refractivity contribution is 9.10. The highest BCUT2D eigenvalue weighted by atomic mass is 79.9. The molecule has 0 saturated carbocycles. The molecule has 4 nitrogen and oxygen atoms in total. The van der Waals surface area contributed by atoms with Crippen LogP contribution >= 0.6 is 26.6 Å². The highest BCUT2D eigenvalue weighted by Crippen LogP contribution is 2.33. The van der Waals surface area contributed by atoms with Gasteiger partial charge < -0.3 is 9.30 Å². The number of rotatable bonds is 4. The summed E-state index contributed by atoms with van der Waals surface area (Å²) in [4.78, 5) is 0.114. The van der Waals surface area contributed by atoms with Crippen LogP contribution in [0.3, 0.4) is 0 Å². The molecule has 7 heteroatoms. The number of hydrogen-bond acceptors (Lipinski definition) is 3. The molecule has 18 heavy (non-hydrogen) atoms. The molecule has 0 aliphatic rings. The van der Waals surface area contributed by atoms with Crippen molar-refractivity contribution in [1.82, 2.24) is 4.57 Å². The molecular weight excluding hydrogens is 342 g/mol. The topological polar surface area (TPSA) is 48.3 Å². The van der Waals surface area contributed by atoms with Gasteiger partial charge in [0.15, 0.2) is 0 Å². The summed E-state index contributed by atoms with van der Waals surface area (Å²) >= 11 is 3.35. The number of nitrogens with zero attached hydrogens (tertiary/aromatic N) is 1. The molecule has 0 amide bonds. The number of halogens is 2. The quantitative estimate of drug-likeness (QED) is 0.795. The van der Waals surface area contributed by atoms with E-state index in [0.29, 0.717) is 23.0 Å². The van der Waals surface area contributed by atoms with Crippen LogP contribution in [0.2, 0.25) is 0 Å². The first-order valence-corrected chi connectivity index (χ1v) is 8.26.